The van der Waals surface area contributed by atoms with Gasteiger partial charge in [-0.1, -0.05) is 6.07 Å². The summed E-state index contributed by atoms with van der Waals surface area (Å²) >= 11 is 0. The average molecular weight is 245 g/mol. The third-order valence-corrected chi connectivity index (χ3v) is 3.31. The molecule has 1 aliphatic heterocycles. The first-order chi connectivity index (χ1) is 8.79. The molecule has 2 atom stereocenters. The highest BCUT2D eigenvalue weighted by atomic mass is 16.5. The quantitative estimate of drug-likeness (QED) is 0.863. The number of aromatic nitrogens is 4. The second kappa shape index (κ2) is 4.38. The highest BCUT2D eigenvalue weighted by Crippen LogP contribution is 2.35. The summed E-state index contributed by atoms with van der Waals surface area (Å²) in [5, 5.41) is 4.28. The Kier molecular flexibility index (Phi) is 2.71. The fourth-order valence-electron chi connectivity index (χ4n) is 2.47. The number of nitrogens with zero attached hydrogens (tertiary/aromatic N) is 4. The van der Waals surface area contributed by atoms with Crippen LogP contribution in [0.15, 0.2) is 24.5 Å². The van der Waals surface area contributed by atoms with Crippen LogP contribution in [0.2, 0.25) is 0 Å². The Balaban J connectivity index is 2.04. The topological polar surface area (TPSA) is 78.8 Å². The molecule has 0 aliphatic carbocycles. The minimum Gasteiger partial charge on any atom is -0.373 e. The van der Waals surface area contributed by atoms with Crippen molar-refractivity contribution in [3.63, 3.8) is 0 Å². The Morgan fingerprint density at radius 2 is 2.33 bits per heavy atom. The summed E-state index contributed by atoms with van der Waals surface area (Å²) in [4.78, 5) is 8.42. The van der Waals surface area contributed by atoms with Gasteiger partial charge >= 0.3 is 0 Å². The predicted molar refractivity (Wildman–Crippen MR) is 65.8 cm³/mol. The Bertz CT molecular complexity index is 539. The van der Waals surface area contributed by atoms with E-state index in [4.69, 9.17) is 10.5 Å². The van der Waals surface area contributed by atoms with Crippen LogP contribution >= 0.6 is 0 Å². The van der Waals surface area contributed by atoms with E-state index in [9.17, 15) is 0 Å². The summed E-state index contributed by atoms with van der Waals surface area (Å²) in [5.74, 6) is 1.10. The van der Waals surface area contributed by atoms with Gasteiger partial charge in [-0.3, -0.25) is 4.98 Å². The van der Waals surface area contributed by atoms with Crippen LogP contribution < -0.4 is 5.73 Å². The van der Waals surface area contributed by atoms with Gasteiger partial charge in [-0.25, -0.2) is 4.68 Å². The van der Waals surface area contributed by atoms with E-state index < -0.39 is 0 Å². The molecule has 94 valence electrons. The number of anilines is 1. The van der Waals surface area contributed by atoms with Crippen molar-refractivity contribution in [3.05, 3.63) is 35.9 Å². The largest absolute Gasteiger partial charge is 0.373 e. The first kappa shape index (κ1) is 11.2. The van der Waals surface area contributed by atoms with Crippen LogP contribution in [-0.4, -0.2) is 26.9 Å². The van der Waals surface area contributed by atoms with Gasteiger partial charge in [0, 0.05) is 19.5 Å². The van der Waals surface area contributed by atoms with Crippen molar-refractivity contribution in [2.75, 3.05) is 12.8 Å². The Morgan fingerprint density at radius 3 is 3.06 bits per heavy atom. The molecule has 2 unspecified atom stereocenters. The maximum Gasteiger partial charge on any atom is 0.239 e. The van der Waals surface area contributed by atoms with E-state index in [1.807, 2.05) is 23.0 Å². The van der Waals surface area contributed by atoms with Crippen LogP contribution in [0.1, 0.15) is 36.4 Å². The van der Waals surface area contributed by atoms with Gasteiger partial charge in [0.05, 0.1) is 6.04 Å². The number of rotatable bonds is 2. The number of ether oxygens (including phenoxy) is 1. The average Bonchev–Trinajstić information content (AvgIpc) is 2.80. The van der Waals surface area contributed by atoms with Gasteiger partial charge < -0.3 is 10.5 Å². The number of hydrogen-bond acceptors (Lipinski definition) is 5. The van der Waals surface area contributed by atoms with Crippen LogP contribution in [0.3, 0.4) is 0 Å². The molecule has 0 aromatic carbocycles. The summed E-state index contributed by atoms with van der Waals surface area (Å²) in [5.41, 5.74) is 6.82. The van der Waals surface area contributed by atoms with Crippen LogP contribution in [0.4, 0.5) is 5.95 Å². The molecule has 1 aliphatic rings. The lowest BCUT2D eigenvalue weighted by Gasteiger charge is -2.28. The van der Waals surface area contributed by atoms with Gasteiger partial charge in [0.15, 0.2) is 5.82 Å². The number of fused-ring (bicyclic) bond motifs is 1. The molecule has 0 radical (unpaired) electrons. The number of nitrogens with two attached hydrogens (primary N) is 1. The van der Waals surface area contributed by atoms with E-state index in [1.54, 1.807) is 13.3 Å². The minimum absolute atomic E-state index is 0.0253. The molecule has 3 rings (SSSR count). The van der Waals surface area contributed by atoms with E-state index in [1.165, 1.54) is 0 Å². The lowest BCUT2D eigenvalue weighted by molar-refractivity contribution is 0.0648. The number of nitrogen functional groups attached to an aromatic ring is 1. The zero-order valence-electron chi connectivity index (χ0n) is 10.2. The van der Waals surface area contributed by atoms with Gasteiger partial charge in [-0.05, 0) is 24.5 Å². The van der Waals surface area contributed by atoms with E-state index in [-0.39, 0.29) is 12.1 Å². The van der Waals surface area contributed by atoms with Gasteiger partial charge in [-0.15, -0.1) is 5.10 Å². The predicted octanol–water partition coefficient (Wildman–Crippen LogP) is 1.33. The zero-order valence-corrected chi connectivity index (χ0v) is 10.2. The van der Waals surface area contributed by atoms with Gasteiger partial charge in [0.2, 0.25) is 5.95 Å². The summed E-state index contributed by atoms with van der Waals surface area (Å²) in [7, 11) is 1.68. The van der Waals surface area contributed by atoms with Crippen LogP contribution in [-0.2, 0) is 4.74 Å². The first-order valence-electron chi connectivity index (χ1n) is 5.94. The number of methoxy groups -OCH3 is 1. The molecule has 2 aromatic rings. The monoisotopic (exact) mass is 245 g/mol. The minimum atomic E-state index is -0.0253. The highest BCUT2D eigenvalue weighted by molar-refractivity contribution is 5.22. The second-order valence-electron chi connectivity index (χ2n) is 4.38. The van der Waals surface area contributed by atoms with Crippen LogP contribution in [0, 0.1) is 0 Å². The molecule has 6 heteroatoms. The fourth-order valence-corrected chi connectivity index (χ4v) is 2.47. The Morgan fingerprint density at radius 1 is 1.44 bits per heavy atom. The number of pyridine rings is 1. The molecule has 2 N–H and O–H groups in total. The van der Waals surface area contributed by atoms with Crippen molar-refractivity contribution in [1.29, 1.82) is 0 Å². The maximum atomic E-state index is 5.70. The molecule has 0 fully saturated rings. The van der Waals surface area contributed by atoms with E-state index in [0.29, 0.717) is 5.95 Å². The van der Waals surface area contributed by atoms with Crippen molar-refractivity contribution >= 4 is 5.95 Å². The molecule has 0 saturated heterocycles. The summed E-state index contributed by atoms with van der Waals surface area (Å²) < 4.78 is 7.29. The molecular weight excluding hydrogens is 230 g/mol. The molecule has 2 aromatic heterocycles. The lowest BCUT2D eigenvalue weighted by Crippen LogP contribution is -2.24. The smallest absolute Gasteiger partial charge is 0.239 e. The number of hydrogen-bond donors (Lipinski definition) is 1. The Labute approximate surface area is 105 Å². The maximum absolute atomic E-state index is 5.70. The van der Waals surface area contributed by atoms with E-state index in [2.05, 4.69) is 15.1 Å². The third kappa shape index (κ3) is 1.74. The van der Waals surface area contributed by atoms with E-state index >= 15 is 0 Å². The van der Waals surface area contributed by atoms with Crippen LogP contribution in [0.25, 0.3) is 0 Å². The molecular formula is C12H15N5O. The SMILES string of the molecule is COC1CCC(c2cccnc2)n2nc(N)nc21. The van der Waals surface area contributed by atoms with Crippen molar-refractivity contribution in [1.82, 2.24) is 19.7 Å². The summed E-state index contributed by atoms with van der Waals surface area (Å²) in [6.07, 6.45) is 5.46. The third-order valence-electron chi connectivity index (χ3n) is 3.31. The van der Waals surface area contributed by atoms with Gasteiger partial charge in [0.25, 0.3) is 0 Å². The molecule has 3 heterocycles. The van der Waals surface area contributed by atoms with Crippen molar-refractivity contribution in [3.8, 4) is 0 Å². The standard InChI is InChI=1S/C12H15N5O/c1-18-10-5-4-9(8-3-2-6-14-7-8)17-11(10)15-12(13)16-17/h2-3,6-7,9-10H,4-5H2,1H3,(H2,13,16). The summed E-state index contributed by atoms with van der Waals surface area (Å²) in [6.45, 7) is 0. The van der Waals surface area contributed by atoms with Gasteiger partial charge in [0.1, 0.15) is 6.10 Å². The summed E-state index contributed by atoms with van der Waals surface area (Å²) in [6, 6.07) is 4.12. The highest BCUT2D eigenvalue weighted by Gasteiger charge is 2.31. The zero-order chi connectivity index (χ0) is 12.5. The molecule has 0 spiro atoms. The molecule has 0 saturated carbocycles. The fraction of sp³-hybridized carbons (Fsp3) is 0.417. The molecule has 0 bridgehead atoms. The Hall–Kier alpha value is -1.95. The lowest BCUT2D eigenvalue weighted by atomic mass is 9.97. The van der Waals surface area contributed by atoms with Crippen LogP contribution in [0.5, 0.6) is 0 Å². The molecule has 18 heavy (non-hydrogen) atoms. The molecule has 0 amide bonds. The normalized spacial score (nSPS) is 22.7. The van der Waals surface area contributed by atoms with Crippen molar-refractivity contribution in [2.45, 2.75) is 25.0 Å². The van der Waals surface area contributed by atoms with Crippen molar-refractivity contribution < 1.29 is 4.74 Å². The van der Waals surface area contributed by atoms with Gasteiger partial charge in [-0.2, -0.15) is 4.98 Å². The van der Waals surface area contributed by atoms with Crippen molar-refractivity contribution in [2.24, 2.45) is 0 Å². The van der Waals surface area contributed by atoms with E-state index in [0.717, 1.165) is 24.2 Å². The molecule has 6 nitrogen and oxygen atoms in total. The first-order valence-corrected chi connectivity index (χ1v) is 5.94. The second-order valence-corrected chi connectivity index (χ2v) is 4.38.